The van der Waals surface area contributed by atoms with Crippen LogP contribution >= 0.6 is 11.3 Å². The summed E-state index contributed by atoms with van der Waals surface area (Å²) in [4.78, 5) is 24.9. The molecule has 1 amide bonds. The summed E-state index contributed by atoms with van der Waals surface area (Å²) in [5.41, 5.74) is 2.18. The van der Waals surface area contributed by atoms with E-state index in [1.165, 1.54) is 17.5 Å². The van der Waals surface area contributed by atoms with Gasteiger partial charge in [0.25, 0.3) is 5.91 Å². The first kappa shape index (κ1) is 17.2. The summed E-state index contributed by atoms with van der Waals surface area (Å²) in [6, 6.07) is 0.154. The summed E-state index contributed by atoms with van der Waals surface area (Å²) in [7, 11) is 0. The first-order valence-electron chi connectivity index (χ1n) is 7.48. The molecular formula is C16H21N3O3S. The van der Waals surface area contributed by atoms with Gasteiger partial charge in [-0.05, 0) is 39.7 Å². The zero-order valence-electron chi connectivity index (χ0n) is 13.9. The number of aryl methyl sites for hydroxylation is 1. The van der Waals surface area contributed by atoms with Crippen LogP contribution in [0, 0.1) is 13.8 Å². The Morgan fingerprint density at radius 2 is 2.04 bits per heavy atom. The molecule has 0 aromatic carbocycles. The minimum Gasteiger partial charge on any atom is -0.478 e. The quantitative estimate of drug-likeness (QED) is 0.873. The van der Waals surface area contributed by atoms with E-state index in [9.17, 15) is 14.7 Å². The molecule has 0 atom stereocenters. The van der Waals surface area contributed by atoms with Crippen LogP contribution in [0.25, 0.3) is 0 Å². The normalized spacial score (nSPS) is 11.0. The van der Waals surface area contributed by atoms with Crippen molar-refractivity contribution in [3.8, 4) is 0 Å². The molecule has 2 aromatic rings. The Kier molecular flexibility index (Phi) is 4.89. The molecule has 2 heterocycles. The van der Waals surface area contributed by atoms with Gasteiger partial charge in [0, 0.05) is 16.6 Å². The number of anilines is 1. The molecule has 0 aliphatic heterocycles. The number of hydrogen-bond donors (Lipinski definition) is 2. The molecule has 0 spiro atoms. The summed E-state index contributed by atoms with van der Waals surface area (Å²) in [5, 5.41) is 16.8. The van der Waals surface area contributed by atoms with E-state index in [1.54, 1.807) is 4.68 Å². The molecule has 23 heavy (non-hydrogen) atoms. The number of nitrogens with one attached hydrogen (secondary N) is 1. The maximum atomic E-state index is 12.5. The zero-order valence-corrected chi connectivity index (χ0v) is 14.7. The highest BCUT2D eigenvalue weighted by Crippen LogP contribution is 2.33. The molecule has 0 aliphatic carbocycles. The van der Waals surface area contributed by atoms with E-state index in [4.69, 9.17) is 0 Å². The van der Waals surface area contributed by atoms with E-state index in [0.29, 0.717) is 17.0 Å². The molecule has 6 nitrogen and oxygen atoms in total. The van der Waals surface area contributed by atoms with E-state index in [0.717, 1.165) is 16.1 Å². The maximum Gasteiger partial charge on any atom is 0.339 e. The van der Waals surface area contributed by atoms with Gasteiger partial charge in [-0.15, -0.1) is 11.3 Å². The van der Waals surface area contributed by atoms with Crippen molar-refractivity contribution < 1.29 is 14.7 Å². The number of thiophene rings is 1. The second-order valence-electron chi connectivity index (χ2n) is 5.64. The number of carboxylic acid groups (broad SMARTS) is 1. The lowest BCUT2D eigenvalue weighted by Crippen LogP contribution is -2.15. The van der Waals surface area contributed by atoms with Crippen molar-refractivity contribution in [2.75, 3.05) is 5.32 Å². The Labute approximate surface area is 139 Å². The van der Waals surface area contributed by atoms with Crippen LogP contribution in [0.1, 0.15) is 63.7 Å². The Morgan fingerprint density at radius 1 is 1.39 bits per heavy atom. The number of carbonyl (C=O) groups is 2. The van der Waals surface area contributed by atoms with Gasteiger partial charge in [-0.25, -0.2) is 4.79 Å². The van der Waals surface area contributed by atoms with Gasteiger partial charge in [0.05, 0.1) is 17.3 Å². The average Bonchev–Trinajstić information content (AvgIpc) is 2.98. The summed E-state index contributed by atoms with van der Waals surface area (Å²) < 4.78 is 1.77. The van der Waals surface area contributed by atoms with Crippen molar-refractivity contribution in [2.45, 2.75) is 47.1 Å². The fourth-order valence-corrected chi connectivity index (χ4v) is 3.79. The summed E-state index contributed by atoms with van der Waals surface area (Å²) in [5.74, 6) is -1.35. The van der Waals surface area contributed by atoms with Gasteiger partial charge < -0.3 is 10.4 Å². The standard InChI is InChI=1S/C16H21N3O3S/c1-6-11-10(5)23-15(13(11)16(21)22)18-14(20)12-7-17-19(8(2)3)9(12)4/h7-8H,6H2,1-5H3,(H,18,20)(H,21,22). The van der Waals surface area contributed by atoms with Crippen LogP contribution in [-0.2, 0) is 6.42 Å². The predicted molar refractivity (Wildman–Crippen MR) is 90.7 cm³/mol. The van der Waals surface area contributed by atoms with Crippen molar-refractivity contribution in [1.82, 2.24) is 9.78 Å². The predicted octanol–water partition coefficient (Wildman–Crippen LogP) is 3.66. The number of rotatable bonds is 5. The van der Waals surface area contributed by atoms with Crippen LogP contribution in [-0.4, -0.2) is 26.8 Å². The van der Waals surface area contributed by atoms with E-state index >= 15 is 0 Å². The molecule has 7 heteroatoms. The van der Waals surface area contributed by atoms with Crippen LogP contribution < -0.4 is 5.32 Å². The van der Waals surface area contributed by atoms with Crippen LogP contribution in [0.4, 0.5) is 5.00 Å². The number of nitrogens with zero attached hydrogens (tertiary/aromatic N) is 2. The Balaban J connectivity index is 2.36. The van der Waals surface area contributed by atoms with Gasteiger partial charge in [-0.1, -0.05) is 6.92 Å². The molecule has 0 bridgehead atoms. The fourth-order valence-electron chi connectivity index (χ4n) is 2.66. The van der Waals surface area contributed by atoms with Crippen molar-refractivity contribution in [3.63, 3.8) is 0 Å². The molecule has 0 saturated carbocycles. The van der Waals surface area contributed by atoms with E-state index < -0.39 is 5.97 Å². The molecular weight excluding hydrogens is 314 g/mol. The summed E-state index contributed by atoms with van der Waals surface area (Å²) >= 11 is 1.30. The zero-order chi connectivity index (χ0) is 17.3. The number of aromatic nitrogens is 2. The SMILES string of the molecule is CCc1c(C)sc(NC(=O)c2cnn(C(C)C)c2C)c1C(=O)O. The highest BCUT2D eigenvalue weighted by molar-refractivity contribution is 7.16. The van der Waals surface area contributed by atoms with E-state index in [-0.39, 0.29) is 17.5 Å². The second-order valence-corrected chi connectivity index (χ2v) is 6.86. The smallest absolute Gasteiger partial charge is 0.339 e. The molecule has 2 rings (SSSR count). The first-order valence-corrected chi connectivity index (χ1v) is 8.30. The van der Waals surface area contributed by atoms with Crippen molar-refractivity contribution in [3.05, 3.63) is 33.5 Å². The average molecular weight is 335 g/mol. The number of amides is 1. The molecule has 2 N–H and O–H groups in total. The second kappa shape index (κ2) is 6.54. The number of carboxylic acids is 1. The molecule has 0 radical (unpaired) electrons. The van der Waals surface area contributed by atoms with Crippen LogP contribution in [0.5, 0.6) is 0 Å². The van der Waals surface area contributed by atoms with Gasteiger partial charge in [0.1, 0.15) is 5.00 Å². The Morgan fingerprint density at radius 3 is 2.52 bits per heavy atom. The third kappa shape index (κ3) is 3.14. The highest BCUT2D eigenvalue weighted by Gasteiger charge is 2.23. The Hall–Kier alpha value is -2.15. The third-order valence-electron chi connectivity index (χ3n) is 3.78. The highest BCUT2D eigenvalue weighted by atomic mass is 32.1. The molecule has 124 valence electrons. The number of hydrogen-bond acceptors (Lipinski definition) is 4. The van der Waals surface area contributed by atoms with Crippen LogP contribution in [0.2, 0.25) is 0 Å². The molecule has 0 unspecified atom stereocenters. The largest absolute Gasteiger partial charge is 0.478 e. The molecule has 0 aliphatic rings. The minimum absolute atomic E-state index is 0.154. The molecule has 0 fully saturated rings. The van der Waals surface area contributed by atoms with Gasteiger partial charge in [-0.3, -0.25) is 9.48 Å². The van der Waals surface area contributed by atoms with Gasteiger partial charge in [0.15, 0.2) is 0 Å². The number of aromatic carboxylic acids is 1. The van der Waals surface area contributed by atoms with Crippen LogP contribution in [0.3, 0.4) is 0 Å². The lowest BCUT2D eigenvalue weighted by molar-refractivity contribution is 0.0697. The van der Waals surface area contributed by atoms with Crippen molar-refractivity contribution >= 4 is 28.2 Å². The van der Waals surface area contributed by atoms with E-state index in [1.807, 2.05) is 34.6 Å². The summed E-state index contributed by atoms with van der Waals surface area (Å²) in [6.45, 7) is 9.58. The minimum atomic E-state index is -1.02. The lowest BCUT2D eigenvalue weighted by Gasteiger charge is -2.09. The third-order valence-corrected chi connectivity index (χ3v) is 4.84. The topological polar surface area (TPSA) is 84.2 Å². The number of carbonyl (C=O) groups excluding carboxylic acids is 1. The first-order chi connectivity index (χ1) is 10.8. The van der Waals surface area contributed by atoms with Crippen LogP contribution in [0.15, 0.2) is 6.20 Å². The summed E-state index contributed by atoms with van der Waals surface area (Å²) in [6.07, 6.45) is 2.14. The van der Waals surface area contributed by atoms with Gasteiger partial charge in [-0.2, -0.15) is 5.10 Å². The van der Waals surface area contributed by atoms with E-state index in [2.05, 4.69) is 10.4 Å². The van der Waals surface area contributed by atoms with Gasteiger partial charge in [0.2, 0.25) is 0 Å². The molecule has 2 aromatic heterocycles. The lowest BCUT2D eigenvalue weighted by atomic mass is 10.1. The van der Waals surface area contributed by atoms with Crippen molar-refractivity contribution in [2.24, 2.45) is 0 Å². The van der Waals surface area contributed by atoms with Gasteiger partial charge >= 0.3 is 5.97 Å². The van der Waals surface area contributed by atoms with Crippen molar-refractivity contribution in [1.29, 1.82) is 0 Å². The molecule has 0 saturated heterocycles. The Bertz CT molecular complexity index is 759. The maximum absolute atomic E-state index is 12.5. The fraction of sp³-hybridized carbons (Fsp3) is 0.438. The monoisotopic (exact) mass is 335 g/mol.